The molecule has 1 aliphatic heterocycles. The standard InChI is InChI=1S/C37H23NS/c1-4-16-28-24(12-1)27-15-11-21-33(38-31-19-7-2-13-25(31)26-14-3-8-20-32(26)38)36(27)37(28)29-17-5-9-22-34(29)39-35-23-10-6-18-30(35)37/h1-23H. The van der Waals surface area contributed by atoms with Gasteiger partial charge in [-0.15, -0.1) is 0 Å². The predicted octanol–water partition coefficient (Wildman–Crippen LogP) is 9.61. The maximum atomic E-state index is 2.50. The lowest BCUT2D eigenvalue weighted by Crippen LogP contribution is -2.33. The molecule has 9 rings (SSSR count). The summed E-state index contributed by atoms with van der Waals surface area (Å²) in [5.74, 6) is 0. The molecule has 0 saturated heterocycles. The zero-order valence-electron chi connectivity index (χ0n) is 21.1. The Hall–Kier alpha value is -4.53. The molecule has 2 heterocycles. The molecule has 0 unspecified atom stereocenters. The highest BCUT2D eigenvalue weighted by Crippen LogP contribution is 2.63. The molecule has 6 aromatic carbocycles. The zero-order chi connectivity index (χ0) is 25.6. The fourth-order valence-electron chi connectivity index (χ4n) is 7.26. The van der Waals surface area contributed by atoms with E-state index in [-0.39, 0.29) is 0 Å². The highest BCUT2D eigenvalue weighted by atomic mass is 32.2. The lowest BCUT2D eigenvalue weighted by molar-refractivity contribution is 0.717. The number of fused-ring (bicyclic) bond motifs is 12. The molecular weight excluding hydrogens is 490 g/mol. The molecule has 1 aromatic heterocycles. The van der Waals surface area contributed by atoms with Crippen molar-refractivity contribution in [1.29, 1.82) is 0 Å². The van der Waals surface area contributed by atoms with Gasteiger partial charge in [-0.2, -0.15) is 0 Å². The van der Waals surface area contributed by atoms with Crippen molar-refractivity contribution in [1.82, 2.24) is 4.57 Å². The molecule has 0 N–H and O–H groups in total. The number of para-hydroxylation sites is 2. The van der Waals surface area contributed by atoms with Crippen LogP contribution in [0.5, 0.6) is 0 Å². The first-order valence-corrected chi connectivity index (χ1v) is 14.3. The molecule has 1 spiro atoms. The Labute approximate surface area is 231 Å². The van der Waals surface area contributed by atoms with E-state index in [0.29, 0.717) is 0 Å². The van der Waals surface area contributed by atoms with Gasteiger partial charge in [0.25, 0.3) is 0 Å². The van der Waals surface area contributed by atoms with Crippen LogP contribution >= 0.6 is 11.8 Å². The second kappa shape index (κ2) is 7.75. The third-order valence-corrected chi connectivity index (χ3v) is 9.81. The lowest BCUT2D eigenvalue weighted by atomic mass is 9.67. The molecule has 1 aliphatic carbocycles. The van der Waals surface area contributed by atoms with Crippen LogP contribution in [-0.4, -0.2) is 4.57 Å². The van der Waals surface area contributed by atoms with Crippen molar-refractivity contribution < 1.29 is 0 Å². The highest BCUT2D eigenvalue weighted by Gasteiger charge is 2.51. The van der Waals surface area contributed by atoms with Crippen LogP contribution in [0.1, 0.15) is 22.3 Å². The first kappa shape index (κ1) is 21.4. The van der Waals surface area contributed by atoms with Gasteiger partial charge in [-0.3, -0.25) is 0 Å². The minimum Gasteiger partial charge on any atom is -0.309 e. The molecule has 0 saturated carbocycles. The van der Waals surface area contributed by atoms with Crippen molar-refractivity contribution in [3.05, 3.63) is 162 Å². The normalized spacial score (nSPS) is 14.3. The van der Waals surface area contributed by atoms with E-state index in [0.717, 1.165) is 0 Å². The molecule has 2 heteroatoms. The Morgan fingerprint density at radius 3 is 1.62 bits per heavy atom. The topological polar surface area (TPSA) is 4.93 Å². The predicted molar refractivity (Wildman–Crippen MR) is 162 cm³/mol. The average molecular weight is 514 g/mol. The van der Waals surface area contributed by atoms with Crippen molar-refractivity contribution >= 4 is 33.6 Å². The molecule has 0 amide bonds. The zero-order valence-corrected chi connectivity index (χ0v) is 22.0. The number of rotatable bonds is 1. The maximum Gasteiger partial charge on any atom is 0.0755 e. The summed E-state index contributed by atoms with van der Waals surface area (Å²) in [7, 11) is 0. The van der Waals surface area contributed by atoms with Crippen molar-refractivity contribution in [2.75, 3.05) is 0 Å². The van der Waals surface area contributed by atoms with Gasteiger partial charge in [-0.05, 0) is 58.1 Å². The first-order valence-electron chi connectivity index (χ1n) is 13.5. The summed E-state index contributed by atoms with van der Waals surface area (Å²) < 4.78 is 2.50. The summed E-state index contributed by atoms with van der Waals surface area (Å²) in [6.07, 6.45) is 0. The monoisotopic (exact) mass is 513 g/mol. The van der Waals surface area contributed by atoms with E-state index in [2.05, 4.69) is 144 Å². The van der Waals surface area contributed by atoms with Crippen LogP contribution < -0.4 is 0 Å². The fourth-order valence-corrected chi connectivity index (χ4v) is 8.45. The van der Waals surface area contributed by atoms with Gasteiger partial charge in [0.2, 0.25) is 0 Å². The molecule has 7 aromatic rings. The number of hydrogen-bond donors (Lipinski definition) is 0. The van der Waals surface area contributed by atoms with Gasteiger partial charge in [0.05, 0.1) is 22.1 Å². The van der Waals surface area contributed by atoms with Gasteiger partial charge in [-0.1, -0.05) is 121 Å². The van der Waals surface area contributed by atoms with Crippen LogP contribution in [0.3, 0.4) is 0 Å². The Bertz CT molecular complexity index is 2020. The molecule has 0 fully saturated rings. The molecule has 182 valence electrons. The van der Waals surface area contributed by atoms with Crippen LogP contribution in [0.4, 0.5) is 0 Å². The highest BCUT2D eigenvalue weighted by molar-refractivity contribution is 7.99. The van der Waals surface area contributed by atoms with E-state index in [4.69, 9.17) is 0 Å². The average Bonchev–Trinajstić information content (AvgIpc) is 3.49. The van der Waals surface area contributed by atoms with Crippen molar-refractivity contribution in [2.45, 2.75) is 15.2 Å². The second-order valence-electron chi connectivity index (χ2n) is 10.5. The summed E-state index contributed by atoms with van der Waals surface area (Å²) in [5, 5.41) is 2.57. The minimum absolute atomic E-state index is 0.409. The van der Waals surface area contributed by atoms with Crippen molar-refractivity contribution in [3.8, 4) is 16.8 Å². The van der Waals surface area contributed by atoms with E-state index in [9.17, 15) is 0 Å². The van der Waals surface area contributed by atoms with E-state index < -0.39 is 5.41 Å². The second-order valence-corrected chi connectivity index (χ2v) is 11.5. The van der Waals surface area contributed by atoms with E-state index in [1.54, 1.807) is 0 Å². The molecular formula is C37H23NS. The Kier molecular flexibility index (Phi) is 4.26. The van der Waals surface area contributed by atoms with Gasteiger partial charge in [-0.25, -0.2) is 0 Å². The number of nitrogens with zero attached hydrogens (tertiary/aromatic N) is 1. The van der Waals surface area contributed by atoms with E-state index >= 15 is 0 Å². The third kappa shape index (κ3) is 2.62. The summed E-state index contributed by atoms with van der Waals surface area (Å²) >= 11 is 1.89. The van der Waals surface area contributed by atoms with Crippen LogP contribution in [0, 0.1) is 0 Å². The minimum atomic E-state index is -0.409. The molecule has 0 bridgehead atoms. The number of aromatic nitrogens is 1. The molecule has 0 radical (unpaired) electrons. The van der Waals surface area contributed by atoms with Crippen LogP contribution in [-0.2, 0) is 5.41 Å². The quantitative estimate of drug-likeness (QED) is 0.211. The molecule has 2 aliphatic rings. The van der Waals surface area contributed by atoms with E-state index in [1.165, 1.54) is 70.7 Å². The Morgan fingerprint density at radius 1 is 0.436 bits per heavy atom. The summed E-state index contributed by atoms with van der Waals surface area (Å²) in [6.45, 7) is 0. The molecule has 1 nitrogen and oxygen atoms in total. The smallest absolute Gasteiger partial charge is 0.0755 e. The summed E-state index contributed by atoms with van der Waals surface area (Å²) in [6, 6.07) is 51.7. The van der Waals surface area contributed by atoms with Crippen molar-refractivity contribution in [3.63, 3.8) is 0 Å². The van der Waals surface area contributed by atoms with E-state index in [1.807, 2.05) is 11.8 Å². The van der Waals surface area contributed by atoms with Crippen LogP contribution in [0.25, 0.3) is 38.6 Å². The number of hydrogen-bond acceptors (Lipinski definition) is 1. The SMILES string of the molecule is c1ccc2c(c1)Sc1ccccc1C21c2ccccc2-c2cccc(-n3c4ccccc4c4ccccc43)c21. The lowest BCUT2D eigenvalue weighted by Gasteiger charge is -2.40. The first-order chi connectivity index (χ1) is 19.4. The van der Waals surface area contributed by atoms with Gasteiger partial charge < -0.3 is 4.57 Å². The largest absolute Gasteiger partial charge is 0.309 e. The van der Waals surface area contributed by atoms with Crippen LogP contribution in [0.15, 0.2) is 149 Å². The van der Waals surface area contributed by atoms with Gasteiger partial charge in [0, 0.05) is 26.1 Å². The maximum absolute atomic E-state index is 2.50. The third-order valence-electron chi connectivity index (χ3n) is 8.66. The summed E-state index contributed by atoms with van der Waals surface area (Å²) in [5.41, 5.74) is 11.4. The van der Waals surface area contributed by atoms with Crippen molar-refractivity contribution in [2.24, 2.45) is 0 Å². The molecule has 0 atom stereocenters. The van der Waals surface area contributed by atoms with Crippen LogP contribution in [0.2, 0.25) is 0 Å². The van der Waals surface area contributed by atoms with Gasteiger partial charge in [0.15, 0.2) is 0 Å². The summed E-state index contributed by atoms with van der Waals surface area (Å²) in [4.78, 5) is 2.66. The Morgan fingerprint density at radius 2 is 0.949 bits per heavy atom. The number of benzene rings is 6. The van der Waals surface area contributed by atoms with Gasteiger partial charge >= 0.3 is 0 Å². The molecule has 39 heavy (non-hydrogen) atoms. The Balaban J connectivity index is 1.52. The van der Waals surface area contributed by atoms with Gasteiger partial charge in [0.1, 0.15) is 0 Å². The fraction of sp³-hybridized carbons (Fsp3) is 0.0270.